The van der Waals surface area contributed by atoms with E-state index in [1.54, 1.807) is 30.3 Å². The van der Waals surface area contributed by atoms with Gasteiger partial charge in [0, 0.05) is 6.61 Å². The van der Waals surface area contributed by atoms with E-state index in [0.717, 1.165) is 5.56 Å². The van der Waals surface area contributed by atoms with Crippen molar-refractivity contribution < 1.29 is 13.5 Å². The van der Waals surface area contributed by atoms with Crippen LogP contribution in [-0.2, 0) is 16.4 Å². The van der Waals surface area contributed by atoms with Crippen LogP contribution in [0.5, 0.6) is 0 Å². The van der Waals surface area contributed by atoms with Crippen LogP contribution in [-0.4, -0.2) is 20.1 Å². The molecule has 0 heterocycles. The largest absolute Gasteiger partial charge is 0.396 e. The van der Waals surface area contributed by atoms with Crippen LogP contribution < -0.4 is 4.72 Å². The Morgan fingerprint density at radius 3 is 2.43 bits per heavy atom. The number of rotatable bonds is 5. The van der Waals surface area contributed by atoms with Gasteiger partial charge in [0.05, 0.1) is 20.1 Å². The van der Waals surface area contributed by atoms with Crippen LogP contribution >= 0.6 is 27.5 Å². The Morgan fingerprint density at radius 1 is 1.14 bits per heavy atom. The normalized spacial score (nSPS) is 11.4. The molecule has 112 valence electrons. The highest BCUT2D eigenvalue weighted by atomic mass is 79.9. The van der Waals surface area contributed by atoms with Gasteiger partial charge in [-0.25, -0.2) is 8.42 Å². The summed E-state index contributed by atoms with van der Waals surface area (Å²) in [5, 5.41) is 9.28. The van der Waals surface area contributed by atoms with Crippen molar-refractivity contribution in [3.63, 3.8) is 0 Å². The van der Waals surface area contributed by atoms with Crippen LogP contribution in [0.1, 0.15) is 5.56 Å². The number of aliphatic hydroxyl groups is 1. The molecule has 0 aliphatic heterocycles. The third kappa shape index (κ3) is 3.97. The van der Waals surface area contributed by atoms with E-state index in [2.05, 4.69) is 20.7 Å². The lowest BCUT2D eigenvalue weighted by Gasteiger charge is -2.11. The maximum atomic E-state index is 12.3. The highest BCUT2D eigenvalue weighted by Crippen LogP contribution is 2.31. The van der Waals surface area contributed by atoms with E-state index in [-0.39, 0.29) is 11.5 Å². The fraction of sp³-hybridized carbons (Fsp3) is 0.143. The number of sulfonamides is 1. The van der Waals surface area contributed by atoms with Gasteiger partial charge in [0.25, 0.3) is 10.0 Å². The van der Waals surface area contributed by atoms with E-state index in [0.29, 0.717) is 21.6 Å². The van der Waals surface area contributed by atoms with E-state index in [9.17, 15) is 8.42 Å². The minimum atomic E-state index is -3.69. The minimum absolute atomic E-state index is 0.0276. The van der Waals surface area contributed by atoms with Crippen LogP contribution in [0.25, 0.3) is 0 Å². The highest BCUT2D eigenvalue weighted by Gasteiger charge is 2.16. The van der Waals surface area contributed by atoms with Crippen molar-refractivity contribution in [3.8, 4) is 0 Å². The standard InChI is InChI=1S/C14H13BrClNO3S/c15-14-12(16)2-1-3-13(14)17-21(19,20)11-6-4-10(5-7-11)8-9-18/h1-7,17-18H,8-9H2. The topological polar surface area (TPSA) is 66.4 Å². The van der Waals surface area contributed by atoms with Gasteiger partial charge in [0.2, 0.25) is 0 Å². The molecule has 0 amide bonds. The fourth-order valence-corrected chi connectivity index (χ4v) is 3.49. The van der Waals surface area contributed by atoms with Crippen LogP contribution in [0.3, 0.4) is 0 Å². The number of halogens is 2. The van der Waals surface area contributed by atoms with E-state index >= 15 is 0 Å². The first-order valence-electron chi connectivity index (χ1n) is 6.10. The summed E-state index contributed by atoms with van der Waals surface area (Å²) in [7, 11) is -3.69. The molecule has 0 atom stereocenters. The molecule has 2 rings (SSSR count). The van der Waals surface area contributed by atoms with Crippen molar-refractivity contribution in [1.29, 1.82) is 0 Å². The zero-order valence-electron chi connectivity index (χ0n) is 10.9. The monoisotopic (exact) mass is 389 g/mol. The molecule has 2 N–H and O–H groups in total. The predicted octanol–water partition coefficient (Wildman–Crippen LogP) is 3.44. The van der Waals surface area contributed by atoms with Gasteiger partial charge in [0.15, 0.2) is 0 Å². The van der Waals surface area contributed by atoms with Gasteiger partial charge in [-0.2, -0.15) is 0 Å². The Morgan fingerprint density at radius 2 is 1.81 bits per heavy atom. The Hall–Kier alpha value is -1.08. The summed E-state index contributed by atoms with van der Waals surface area (Å²) in [5.74, 6) is 0. The third-order valence-electron chi connectivity index (χ3n) is 2.83. The second kappa shape index (κ2) is 6.79. The van der Waals surface area contributed by atoms with Gasteiger partial charge in [-0.05, 0) is 52.2 Å². The van der Waals surface area contributed by atoms with Gasteiger partial charge in [-0.3, -0.25) is 4.72 Å². The molecule has 0 spiro atoms. The summed E-state index contributed by atoms with van der Waals surface area (Å²) in [4.78, 5) is 0.149. The number of anilines is 1. The Bertz CT molecular complexity index is 732. The fourth-order valence-electron chi connectivity index (χ4n) is 1.75. The lowest BCUT2D eigenvalue weighted by molar-refractivity contribution is 0.299. The van der Waals surface area contributed by atoms with Crippen LogP contribution in [0.4, 0.5) is 5.69 Å². The minimum Gasteiger partial charge on any atom is -0.396 e. The van der Waals surface area contributed by atoms with Crippen molar-refractivity contribution >= 4 is 43.2 Å². The molecular formula is C14H13BrClNO3S. The molecule has 2 aromatic carbocycles. The second-order valence-electron chi connectivity index (χ2n) is 4.32. The molecule has 0 saturated heterocycles. The van der Waals surface area contributed by atoms with Gasteiger partial charge in [0.1, 0.15) is 0 Å². The van der Waals surface area contributed by atoms with Crippen LogP contribution in [0.2, 0.25) is 5.02 Å². The average Bonchev–Trinajstić information content (AvgIpc) is 2.45. The van der Waals surface area contributed by atoms with Crippen molar-refractivity contribution in [2.75, 3.05) is 11.3 Å². The van der Waals surface area contributed by atoms with E-state index in [4.69, 9.17) is 16.7 Å². The molecule has 0 saturated carbocycles. The molecule has 0 bridgehead atoms. The molecule has 7 heteroatoms. The number of benzene rings is 2. The molecule has 4 nitrogen and oxygen atoms in total. The predicted molar refractivity (Wildman–Crippen MR) is 87.2 cm³/mol. The van der Waals surface area contributed by atoms with Crippen molar-refractivity contribution in [1.82, 2.24) is 0 Å². The Balaban J connectivity index is 2.27. The quantitative estimate of drug-likeness (QED) is 0.822. The molecule has 0 aliphatic rings. The van der Waals surface area contributed by atoms with Crippen molar-refractivity contribution in [3.05, 3.63) is 57.5 Å². The van der Waals surface area contributed by atoms with Gasteiger partial charge < -0.3 is 5.11 Å². The Kier molecular flexibility index (Phi) is 5.27. The van der Waals surface area contributed by atoms with E-state index < -0.39 is 10.0 Å². The van der Waals surface area contributed by atoms with Gasteiger partial charge >= 0.3 is 0 Å². The van der Waals surface area contributed by atoms with E-state index in [1.165, 1.54) is 12.1 Å². The lowest BCUT2D eigenvalue weighted by Crippen LogP contribution is -2.13. The number of nitrogens with one attached hydrogen (secondary N) is 1. The summed E-state index contributed by atoms with van der Waals surface area (Å²) in [6.45, 7) is 0.0276. The molecule has 0 radical (unpaired) electrons. The van der Waals surface area contributed by atoms with Crippen molar-refractivity contribution in [2.45, 2.75) is 11.3 Å². The zero-order valence-corrected chi connectivity index (χ0v) is 14.0. The molecule has 0 fully saturated rings. The first-order chi connectivity index (χ1) is 9.94. The SMILES string of the molecule is O=S(=O)(Nc1cccc(Cl)c1Br)c1ccc(CCO)cc1. The molecule has 21 heavy (non-hydrogen) atoms. The number of hydrogen-bond acceptors (Lipinski definition) is 3. The smallest absolute Gasteiger partial charge is 0.261 e. The van der Waals surface area contributed by atoms with Gasteiger partial charge in [-0.1, -0.05) is 29.8 Å². The zero-order chi connectivity index (χ0) is 15.5. The van der Waals surface area contributed by atoms with Gasteiger partial charge in [-0.15, -0.1) is 0 Å². The molecule has 0 unspecified atom stereocenters. The average molecular weight is 391 g/mol. The number of hydrogen-bond donors (Lipinski definition) is 2. The summed E-state index contributed by atoms with van der Waals surface area (Å²) in [5.41, 5.74) is 1.25. The van der Waals surface area contributed by atoms with Crippen LogP contribution in [0, 0.1) is 0 Å². The third-order valence-corrected chi connectivity index (χ3v) is 5.61. The first kappa shape index (κ1) is 16.3. The summed E-state index contributed by atoms with van der Waals surface area (Å²) < 4.78 is 27.6. The molecular weight excluding hydrogens is 378 g/mol. The Labute approximate surface area is 136 Å². The summed E-state index contributed by atoms with van der Waals surface area (Å²) in [6, 6.07) is 11.3. The highest BCUT2D eigenvalue weighted by molar-refractivity contribution is 9.10. The van der Waals surface area contributed by atoms with Crippen LogP contribution in [0.15, 0.2) is 51.8 Å². The molecule has 2 aromatic rings. The molecule has 0 aliphatic carbocycles. The van der Waals surface area contributed by atoms with E-state index in [1.807, 2.05) is 0 Å². The lowest BCUT2D eigenvalue weighted by atomic mass is 10.2. The maximum absolute atomic E-state index is 12.3. The summed E-state index contributed by atoms with van der Waals surface area (Å²) >= 11 is 9.19. The van der Waals surface area contributed by atoms with Crippen molar-refractivity contribution in [2.24, 2.45) is 0 Å². The number of aliphatic hydroxyl groups excluding tert-OH is 1. The molecule has 0 aromatic heterocycles. The second-order valence-corrected chi connectivity index (χ2v) is 7.21. The summed E-state index contributed by atoms with van der Waals surface area (Å²) in [6.07, 6.45) is 0.494. The maximum Gasteiger partial charge on any atom is 0.261 e. The first-order valence-corrected chi connectivity index (χ1v) is 8.76.